The minimum absolute atomic E-state index is 0.0113. The fourth-order valence-corrected chi connectivity index (χ4v) is 6.42. The zero-order valence-electron chi connectivity index (χ0n) is 22.5. The number of benzene rings is 2. The van der Waals surface area contributed by atoms with E-state index in [0.717, 1.165) is 48.3 Å². The van der Waals surface area contributed by atoms with Gasteiger partial charge in [-0.3, -0.25) is 14.5 Å². The number of piperazine rings is 1. The van der Waals surface area contributed by atoms with Crippen LogP contribution < -0.4 is 0 Å². The summed E-state index contributed by atoms with van der Waals surface area (Å²) >= 11 is 0. The molecule has 2 aromatic carbocycles. The van der Waals surface area contributed by atoms with Crippen LogP contribution in [0.2, 0.25) is 0 Å². The monoisotopic (exact) mass is 534 g/mol. The lowest BCUT2D eigenvalue weighted by Crippen LogP contribution is -2.51. The van der Waals surface area contributed by atoms with Gasteiger partial charge in [-0.1, -0.05) is 30.5 Å². The van der Waals surface area contributed by atoms with Crippen LogP contribution in [0.25, 0.3) is 16.6 Å². The predicted octanol–water partition coefficient (Wildman–Crippen LogP) is 5.51. The minimum atomic E-state index is -2.72. The van der Waals surface area contributed by atoms with Gasteiger partial charge in [0.15, 0.2) is 0 Å². The molecule has 0 unspecified atom stereocenters. The van der Waals surface area contributed by atoms with Crippen LogP contribution in [0.4, 0.5) is 8.78 Å². The predicted molar refractivity (Wildman–Crippen MR) is 148 cm³/mol. The molecule has 3 fully saturated rings. The van der Waals surface area contributed by atoms with E-state index in [-0.39, 0.29) is 37.7 Å². The first-order chi connectivity index (χ1) is 18.8. The van der Waals surface area contributed by atoms with Crippen molar-refractivity contribution in [3.05, 3.63) is 65.4 Å². The molecular formula is C31H36F2N4O2. The number of piperidine rings is 1. The van der Waals surface area contributed by atoms with Gasteiger partial charge >= 0.3 is 0 Å². The van der Waals surface area contributed by atoms with Crippen LogP contribution in [0, 0.1) is 6.92 Å². The Morgan fingerprint density at radius 2 is 1.44 bits per heavy atom. The van der Waals surface area contributed by atoms with Crippen molar-refractivity contribution in [3.8, 4) is 5.69 Å². The van der Waals surface area contributed by atoms with Gasteiger partial charge in [0.1, 0.15) is 5.69 Å². The van der Waals surface area contributed by atoms with E-state index in [9.17, 15) is 18.4 Å². The maximum absolute atomic E-state index is 13.8. The first kappa shape index (κ1) is 26.0. The van der Waals surface area contributed by atoms with E-state index in [1.54, 1.807) is 6.07 Å². The maximum atomic E-state index is 13.8. The molecule has 0 bridgehead atoms. The highest BCUT2D eigenvalue weighted by molar-refractivity contribution is 6.03. The molecule has 3 aromatic rings. The number of carbonyl (C=O) groups excluding carboxylic acids is 2. The van der Waals surface area contributed by atoms with E-state index >= 15 is 0 Å². The third-order valence-electron chi connectivity index (χ3n) is 8.78. The molecule has 39 heavy (non-hydrogen) atoms. The number of halogens is 2. The van der Waals surface area contributed by atoms with Gasteiger partial charge < -0.3 is 14.4 Å². The van der Waals surface area contributed by atoms with E-state index in [1.807, 2.05) is 58.9 Å². The van der Waals surface area contributed by atoms with Crippen LogP contribution >= 0.6 is 0 Å². The molecule has 6 nitrogen and oxygen atoms in total. The summed E-state index contributed by atoms with van der Waals surface area (Å²) in [5.41, 5.74) is 3.76. The summed E-state index contributed by atoms with van der Waals surface area (Å²) in [6.07, 6.45) is 4.50. The summed E-state index contributed by atoms with van der Waals surface area (Å²) in [6.45, 7) is 5.33. The van der Waals surface area contributed by atoms with Crippen molar-refractivity contribution in [1.29, 1.82) is 0 Å². The molecule has 0 spiro atoms. The molecule has 1 saturated carbocycles. The average molecular weight is 535 g/mol. The zero-order valence-corrected chi connectivity index (χ0v) is 22.5. The molecule has 0 N–H and O–H groups in total. The highest BCUT2D eigenvalue weighted by atomic mass is 19.3. The number of aromatic nitrogens is 1. The van der Waals surface area contributed by atoms with Crippen molar-refractivity contribution in [3.63, 3.8) is 0 Å². The molecule has 1 aliphatic carbocycles. The first-order valence-electron chi connectivity index (χ1n) is 14.2. The molecule has 2 aliphatic heterocycles. The fraction of sp³-hybridized carbons (Fsp3) is 0.484. The SMILES string of the molecule is Cc1ccc(-n2c(C(=O)N3CCC(F)(F)CC3)cc3cc(C(=O)N4CCN(C5CCCC5)CC4)ccc32)cc1. The second-order valence-electron chi connectivity index (χ2n) is 11.4. The van der Waals surface area contributed by atoms with Crippen molar-refractivity contribution in [2.24, 2.45) is 0 Å². The van der Waals surface area contributed by atoms with Crippen LogP contribution in [0.15, 0.2) is 48.5 Å². The van der Waals surface area contributed by atoms with Crippen molar-refractivity contribution < 1.29 is 18.4 Å². The normalized spacial score (nSPS) is 20.6. The van der Waals surface area contributed by atoms with Gasteiger partial charge in [0.2, 0.25) is 0 Å². The Morgan fingerprint density at radius 3 is 2.10 bits per heavy atom. The zero-order chi connectivity index (χ0) is 27.1. The van der Waals surface area contributed by atoms with Gasteiger partial charge in [0, 0.05) is 74.8 Å². The number of carbonyl (C=O) groups is 2. The highest BCUT2D eigenvalue weighted by Gasteiger charge is 2.37. The average Bonchev–Trinajstić information content (AvgIpc) is 3.61. The molecule has 6 rings (SSSR count). The number of hydrogen-bond donors (Lipinski definition) is 0. The lowest BCUT2D eigenvalue weighted by Gasteiger charge is -2.38. The lowest BCUT2D eigenvalue weighted by molar-refractivity contribution is -0.0495. The summed E-state index contributed by atoms with van der Waals surface area (Å²) in [7, 11) is 0. The summed E-state index contributed by atoms with van der Waals surface area (Å²) in [4.78, 5) is 33.1. The Labute approximate surface area is 228 Å². The summed E-state index contributed by atoms with van der Waals surface area (Å²) in [5.74, 6) is -2.98. The van der Waals surface area contributed by atoms with E-state index in [1.165, 1.54) is 30.6 Å². The molecule has 3 heterocycles. The molecule has 0 radical (unpaired) electrons. The topological polar surface area (TPSA) is 48.8 Å². The number of amides is 2. The molecule has 3 aliphatic rings. The number of alkyl halides is 2. The number of fused-ring (bicyclic) bond motifs is 1. The smallest absolute Gasteiger partial charge is 0.270 e. The number of nitrogens with zero attached hydrogens (tertiary/aromatic N) is 4. The molecule has 8 heteroatoms. The number of rotatable bonds is 4. The van der Waals surface area contributed by atoms with Crippen LogP contribution in [0.1, 0.15) is 64.9 Å². The molecule has 2 saturated heterocycles. The van der Waals surface area contributed by atoms with Gasteiger partial charge in [-0.05, 0) is 56.2 Å². The third-order valence-corrected chi connectivity index (χ3v) is 8.78. The van der Waals surface area contributed by atoms with E-state index in [2.05, 4.69) is 4.90 Å². The Hall–Kier alpha value is -3.26. The van der Waals surface area contributed by atoms with Gasteiger partial charge in [-0.15, -0.1) is 0 Å². The maximum Gasteiger partial charge on any atom is 0.270 e. The van der Waals surface area contributed by atoms with Crippen LogP contribution in [-0.2, 0) is 0 Å². The van der Waals surface area contributed by atoms with Gasteiger partial charge in [0.05, 0.1) is 5.52 Å². The second kappa shape index (κ2) is 10.4. The number of aryl methyl sites for hydroxylation is 1. The van der Waals surface area contributed by atoms with E-state index in [0.29, 0.717) is 17.3 Å². The number of hydrogen-bond acceptors (Lipinski definition) is 3. The van der Waals surface area contributed by atoms with E-state index in [4.69, 9.17) is 0 Å². The first-order valence-corrected chi connectivity index (χ1v) is 14.2. The third kappa shape index (κ3) is 5.19. The Bertz CT molecular complexity index is 1360. The molecule has 1 aromatic heterocycles. The van der Waals surface area contributed by atoms with Crippen LogP contribution in [0.3, 0.4) is 0 Å². The molecular weight excluding hydrogens is 498 g/mol. The van der Waals surface area contributed by atoms with Crippen LogP contribution in [-0.4, -0.2) is 82.3 Å². The Balaban J connectivity index is 1.29. The Morgan fingerprint density at radius 1 is 0.795 bits per heavy atom. The molecule has 2 amide bonds. The Kier molecular flexibility index (Phi) is 6.91. The van der Waals surface area contributed by atoms with Crippen molar-refractivity contribution >= 4 is 22.7 Å². The minimum Gasteiger partial charge on any atom is -0.337 e. The lowest BCUT2D eigenvalue weighted by atomic mass is 10.1. The van der Waals surface area contributed by atoms with E-state index < -0.39 is 5.92 Å². The summed E-state index contributed by atoms with van der Waals surface area (Å²) in [6, 6.07) is 16.0. The second-order valence-corrected chi connectivity index (χ2v) is 11.4. The molecule has 206 valence electrons. The molecule has 0 atom stereocenters. The van der Waals surface area contributed by atoms with Crippen molar-refractivity contribution in [2.75, 3.05) is 39.3 Å². The van der Waals surface area contributed by atoms with Crippen molar-refractivity contribution in [2.45, 2.75) is 57.4 Å². The highest BCUT2D eigenvalue weighted by Crippen LogP contribution is 2.31. The standard InChI is InChI=1S/C31H36F2N4O2/c1-22-6-9-26(10-7-22)37-27-11-8-23(29(38)36-18-16-34(17-19-36)25-4-2-3-5-25)20-24(27)21-28(37)30(39)35-14-12-31(32,33)13-15-35/h6-11,20-21,25H,2-5,12-19H2,1H3. The quantitative estimate of drug-likeness (QED) is 0.444. The fourth-order valence-electron chi connectivity index (χ4n) is 6.42. The largest absolute Gasteiger partial charge is 0.337 e. The summed E-state index contributed by atoms with van der Waals surface area (Å²) in [5, 5.41) is 0.789. The summed E-state index contributed by atoms with van der Waals surface area (Å²) < 4.78 is 29.5. The van der Waals surface area contributed by atoms with Crippen LogP contribution in [0.5, 0.6) is 0 Å². The number of likely N-dealkylation sites (tertiary alicyclic amines) is 1. The van der Waals surface area contributed by atoms with Crippen molar-refractivity contribution in [1.82, 2.24) is 19.3 Å². The van der Waals surface area contributed by atoms with Gasteiger partial charge in [-0.25, -0.2) is 8.78 Å². The van der Waals surface area contributed by atoms with Gasteiger partial charge in [0.25, 0.3) is 17.7 Å². The van der Waals surface area contributed by atoms with Gasteiger partial charge in [-0.2, -0.15) is 0 Å².